The predicted octanol–water partition coefficient (Wildman–Crippen LogP) is 2.28. The smallest absolute Gasteiger partial charge is 0.224 e. The monoisotopic (exact) mass is 264 g/mol. The van der Waals surface area contributed by atoms with Crippen LogP contribution < -0.4 is 4.90 Å². The van der Waals surface area contributed by atoms with Gasteiger partial charge in [-0.25, -0.2) is 4.98 Å². The molecule has 0 spiro atoms. The SMILES string of the molecule is CN(C)CCN(C)c1nc(Cl)nc2ccccc12. The first-order chi connectivity index (χ1) is 8.58. The van der Waals surface area contributed by atoms with Gasteiger partial charge in [-0.2, -0.15) is 4.98 Å². The molecule has 0 amide bonds. The summed E-state index contributed by atoms with van der Waals surface area (Å²) in [4.78, 5) is 12.8. The largest absolute Gasteiger partial charge is 0.358 e. The van der Waals surface area contributed by atoms with Gasteiger partial charge in [0.1, 0.15) is 5.82 Å². The van der Waals surface area contributed by atoms with Crippen LogP contribution in [0.2, 0.25) is 5.28 Å². The number of halogens is 1. The third-order valence-corrected chi connectivity index (χ3v) is 2.97. The quantitative estimate of drug-likeness (QED) is 0.793. The van der Waals surface area contributed by atoms with Crippen LogP contribution in [0.15, 0.2) is 24.3 Å². The number of aromatic nitrogens is 2. The second-order valence-corrected chi connectivity index (χ2v) is 4.90. The average Bonchev–Trinajstić information content (AvgIpc) is 2.34. The van der Waals surface area contributed by atoms with Crippen LogP contribution in [0, 0.1) is 0 Å². The summed E-state index contributed by atoms with van der Waals surface area (Å²) in [6.45, 7) is 1.86. The molecule has 0 unspecified atom stereocenters. The molecule has 0 saturated carbocycles. The molecule has 0 aliphatic heterocycles. The highest BCUT2D eigenvalue weighted by molar-refractivity contribution is 6.28. The Balaban J connectivity index is 2.36. The van der Waals surface area contributed by atoms with Crippen LogP contribution in [0.25, 0.3) is 10.9 Å². The minimum atomic E-state index is 0.292. The van der Waals surface area contributed by atoms with Crippen LogP contribution in [0.4, 0.5) is 5.82 Å². The standard InChI is InChI=1S/C13H17ClN4/c1-17(2)8-9-18(3)12-10-6-4-5-7-11(10)15-13(14)16-12/h4-7H,8-9H2,1-3H3. The summed E-state index contributed by atoms with van der Waals surface area (Å²) in [5, 5.41) is 1.32. The molecule has 0 aliphatic carbocycles. The van der Waals surface area contributed by atoms with Crippen LogP contribution in [-0.2, 0) is 0 Å². The maximum Gasteiger partial charge on any atom is 0.224 e. The van der Waals surface area contributed by atoms with Gasteiger partial charge >= 0.3 is 0 Å². The van der Waals surface area contributed by atoms with Crippen molar-refractivity contribution in [3.63, 3.8) is 0 Å². The molecule has 1 aromatic carbocycles. The van der Waals surface area contributed by atoms with Crippen molar-refractivity contribution < 1.29 is 0 Å². The maximum atomic E-state index is 5.97. The molecule has 5 heteroatoms. The molecule has 2 rings (SSSR count). The van der Waals surface area contributed by atoms with E-state index < -0.39 is 0 Å². The minimum absolute atomic E-state index is 0.292. The molecule has 4 nitrogen and oxygen atoms in total. The summed E-state index contributed by atoms with van der Waals surface area (Å²) in [6, 6.07) is 7.91. The molecule has 0 bridgehead atoms. The zero-order valence-corrected chi connectivity index (χ0v) is 11.6. The lowest BCUT2D eigenvalue weighted by molar-refractivity contribution is 0.416. The first-order valence-corrected chi connectivity index (χ1v) is 6.24. The summed E-state index contributed by atoms with van der Waals surface area (Å²) >= 11 is 5.97. The van der Waals surface area contributed by atoms with Crippen LogP contribution in [-0.4, -0.2) is 49.1 Å². The second kappa shape index (κ2) is 5.50. The first kappa shape index (κ1) is 13.1. The van der Waals surface area contributed by atoms with Crippen molar-refractivity contribution in [2.45, 2.75) is 0 Å². The molecule has 2 aromatic rings. The summed E-state index contributed by atoms with van der Waals surface area (Å²) in [6.07, 6.45) is 0. The van der Waals surface area contributed by atoms with E-state index in [1.807, 2.05) is 31.3 Å². The molecule has 96 valence electrons. The topological polar surface area (TPSA) is 32.3 Å². The molecule has 0 radical (unpaired) electrons. The Kier molecular flexibility index (Phi) is 3.99. The van der Waals surface area contributed by atoms with E-state index >= 15 is 0 Å². The third-order valence-electron chi connectivity index (χ3n) is 2.80. The lowest BCUT2D eigenvalue weighted by Gasteiger charge is -2.21. The van der Waals surface area contributed by atoms with Crippen LogP contribution in [0.1, 0.15) is 0 Å². The summed E-state index contributed by atoms with van der Waals surface area (Å²) in [5.74, 6) is 0.882. The van der Waals surface area contributed by atoms with E-state index in [-0.39, 0.29) is 0 Å². The zero-order chi connectivity index (χ0) is 13.1. The Morgan fingerprint density at radius 2 is 1.78 bits per heavy atom. The molecular formula is C13H17ClN4. The summed E-state index contributed by atoms with van der Waals surface area (Å²) < 4.78 is 0. The van der Waals surface area contributed by atoms with Gasteiger partial charge in [-0.3, -0.25) is 0 Å². The van der Waals surface area contributed by atoms with E-state index in [9.17, 15) is 0 Å². The van der Waals surface area contributed by atoms with E-state index in [1.165, 1.54) is 0 Å². The van der Waals surface area contributed by atoms with Crippen molar-refractivity contribution in [2.75, 3.05) is 39.1 Å². The fourth-order valence-corrected chi connectivity index (χ4v) is 1.95. The molecule has 0 atom stereocenters. The molecule has 18 heavy (non-hydrogen) atoms. The Morgan fingerprint density at radius 3 is 2.50 bits per heavy atom. The van der Waals surface area contributed by atoms with Gasteiger partial charge in [0.15, 0.2) is 0 Å². The lowest BCUT2D eigenvalue weighted by Crippen LogP contribution is -2.29. The minimum Gasteiger partial charge on any atom is -0.358 e. The van der Waals surface area contributed by atoms with E-state index in [0.717, 1.165) is 29.8 Å². The fourth-order valence-electron chi connectivity index (χ4n) is 1.78. The highest BCUT2D eigenvalue weighted by atomic mass is 35.5. The second-order valence-electron chi connectivity index (χ2n) is 4.56. The number of nitrogens with zero attached hydrogens (tertiary/aromatic N) is 4. The van der Waals surface area contributed by atoms with Crippen molar-refractivity contribution in [3.05, 3.63) is 29.5 Å². The van der Waals surface area contributed by atoms with Crippen molar-refractivity contribution in [3.8, 4) is 0 Å². The van der Waals surface area contributed by atoms with Gasteiger partial charge in [0.2, 0.25) is 5.28 Å². The zero-order valence-electron chi connectivity index (χ0n) is 10.9. The average molecular weight is 265 g/mol. The Labute approximate surface area is 112 Å². The van der Waals surface area contributed by atoms with E-state index in [4.69, 9.17) is 11.6 Å². The maximum absolute atomic E-state index is 5.97. The normalized spacial score (nSPS) is 11.2. The Morgan fingerprint density at radius 1 is 1.06 bits per heavy atom. The number of anilines is 1. The van der Waals surface area contributed by atoms with E-state index in [1.54, 1.807) is 0 Å². The number of hydrogen-bond donors (Lipinski definition) is 0. The summed E-state index contributed by atoms with van der Waals surface area (Å²) in [7, 11) is 6.13. The number of fused-ring (bicyclic) bond motifs is 1. The predicted molar refractivity (Wildman–Crippen MR) is 76.4 cm³/mol. The van der Waals surface area contributed by atoms with Crippen molar-refractivity contribution in [1.82, 2.24) is 14.9 Å². The van der Waals surface area contributed by atoms with Crippen LogP contribution in [0.5, 0.6) is 0 Å². The Bertz CT molecular complexity index is 542. The summed E-state index contributed by atoms with van der Waals surface area (Å²) in [5.41, 5.74) is 0.879. The number of benzene rings is 1. The van der Waals surface area contributed by atoms with E-state index in [2.05, 4.69) is 33.9 Å². The van der Waals surface area contributed by atoms with Gasteiger partial charge in [0.25, 0.3) is 0 Å². The number of rotatable bonds is 4. The highest BCUT2D eigenvalue weighted by Crippen LogP contribution is 2.24. The Hall–Kier alpha value is -1.39. The number of hydrogen-bond acceptors (Lipinski definition) is 4. The molecule has 1 aromatic heterocycles. The van der Waals surface area contributed by atoms with Crippen molar-refractivity contribution >= 4 is 28.3 Å². The third kappa shape index (κ3) is 2.89. The first-order valence-electron chi connectivity index (χ1n) is 5.86. The van der Waals surface area contributed by atoms with Gasteiger partial charge in [0, 0.05) is 25.5 Å². The van der Waals surface area contributed by atoms with Gasteiger partial charge in [0.05, 0.1) is 5.52 Å². The fraction of sp³-hybridized carbons (Fsp3) is 0.385. The van der Waals surface area contributed by atoms with Gasteiger partial charge in [-0.05, 0) is 37.8 Å². The van der Waals surface area contributed by atoms with Crippen molar-refractivity contribution in [2.24, 2.45) is 0 Å². The number of likely N-dealkylation sites (N-methyl/N-ethyl adjacent to an activating group) is 2. The van der Waals surface area contributed by atoms with Crippen LogP contribution >= 0.6 is 11.6 Å². The molecule has 0 aliphatic rings. The molecule has 0 saturated heterocycles. The lowest BCUT2D eigenvalue weighted by atomic mass is 10.2. The van der Waals surface area contributed by atoms with E-state index in [0.29, 0.717) is 5.28 Å². The molecule has 0 N–H and O–H groups in total. The van der Waals surface area contributed by atoms with Gasteiger partial charge < -0.3 is 9.80 Å². The van der Waals surface area contributed by atoms with Crippen molar-refractivity contribution in [1.29, 1.82) is 0 Å². The van der Waals surface area contributed by atoms with Crippen LogP contribution in [0.3, 0.4) is 0 Å². The molecule has 0 fully saturated rings. The molecular weight excluding hydrogens is 248 g/mol. The number of para-hydroxylation sites is 1. The highest BCUT2D eigenvalue weighted by Gasteiger charge is 2.10. The molecule has 1 heterocycles. The van der Waals surface area contributed by atoms with Gasteiger partial charge in [-0.1, -0.05) is 12.1 Å². The van der Waals surface area contributed by atoms with Gasteiger partial charge in [-0.15, -0.1) is 0 Å².